The molecule has 0 N–H and O–H groups in total. The summed E-state index contributed by atoms with van der Waals surface area (Å²) in [7, 11) is -1.46. The average Bonchev–Trinajstić information content (AvgIpc) is 2.89. The summed E-state index contributed by atoms with van der Waals surface area (Å²) in [4.78, 5) is 0. The number of hydrogen-bond donors (Lipinski definition) is 0. The predicted octanol–water partition coefficient (Wildman–Crippen LogP) is 4.86. The summed E-state index contributed by atoms with van der Waals surface area (Å²) in [5, 5.41) is 3.73. The largest absolute Gasteiger partial charge is 0.273 e. The maximum Gasteiger partial charge on any atom is 0.0886 e. The zero-order valence-corrected chi connectivity index (χ0v) is 16.8. The molecule has 0 bridgehead atoms. The SMILES string of the molecule is CC(C)c1ccsc1[Si](C)(C)C1=[C-]CC=C1.Cl.Cl.[Ti]. The fourth-order valence-corrected chi connectivity index (χ4v) is 7.16. The van der Waals surface area contributed by atoms with Gasteiger partial charge in [0.15, 0.2) is 0 Å². The quantitative estimate of drug-likeness (QED) is 0.528. The van der Waals surface area contributed by atoms with Gasteiger partial charge >= 0.3 is 0 Å². The first-order chi connectivity index (χ1) is 7.53. The van der Waals surface area contributed by atoms with E-state index in [4.69, 9.17) is 0 Å². The molecule has 0 saturated carbocycles. The summed E-state index contributed by atoms with van der Waals surface area (Å²) >= 11 is 1.94. The second kappa shape index (κ2) is 8.86. The minimum absolute atomic E-state index is 0. The predicted molar refractivity (Wildman–Crippen MR) is 90.5 cm³/mol. The first-order valence-corrected chi connectivity index (χ1v) is 9.77. The van der Waals surface area contributed by atoms with E-state index in [0.717, 1.165) is 6.42 Å². The maximum absolute atomic E-state index is 3.53. The van der Waals surface area contributed by atoms with Gasteiger partial charge in [-0.2, -0.15) is 17.4 Å². The van der Waals surface area contributed by atoms with Crippen molar-refractivity contribution in [1.82, 2.24) is 0 Å². The smallest absolute Gasteiger partial charge is 0.0886 e. The van der Waals surface area contributed by atoms with E-state index < -0.39 is 8.07 Å². The molecule has 1 aromatic heterocycles. The van der Waals surface area contributed by atoms with Crippen molar-refractivity contribution in [3.8, 4) is 0 Å². The zero-order chi connectivity index (χ0) is 11.8. The van der Waals surface area contributed by atoms with Crippen molar-refractivity contribution in [2.24, 2.45) is 0 Å². The summed E-state index contributed by atoms with van der Waals surface area (Å²) in [6, 6.07) is 2.30. The molecule has 5 heteroatoms. The van der Waals surface area contributed by atoms with Crippen LogP contribution >= 0.6 is 36.2 Å². The summed E-state index contributed by atoms with van der Waals surface area (Å²) < 4.78 is 1.64. The molecule has 19 heavy (non-hydrogen) atoms. The van der Waals surface area contributed by atoms with Crippen LogP contribution < -0.4 is 4.50 Å². The minimum Gasteiger partial charge on any atom is -0.273 e. The molecule has 0 aromatic carbocycles. The van der Waals surface area contributed by atoms with E-state index in [1.165, 1.54) is 5.20 Å². The first-order valence-electron chi connectivity index (χ1n) is 5.89. The van der Waals surface area contributed by atoms with Crippen LogP contribution in [0.1, 0.15) is 31.7 Å². The van der Waals surface area contributed by atoms with Gasteiger partial charge in [-0.1, -0.05) is 26.9 Å². The molecular formula is C14H21Cl2SSiTi-. The molecule has 0 radical (unpaired) electrons. The van der Waals surface area contributed by atoms with Gasteiger partial charge in [-0.25, -0.2) is 11.3 Å². The van der Waals surface area contributed by atoms with Gasteiger partial charge in [0.05, 0.1) is 8.07 Å². The Balaban J connectivity index is 0. The Morgan fingerprint density at radius 3 is 2.37 bits per heavy atom. The Kier molecular flexibility index (Phi) is 10.3. The topological polar surface area (TPSA) is 0 Å². The fraction of sp³-hybridized carbons (Fsp3) is 0.429. The number of allylic oxidation sites excluding steroid dienone is 4. The zero-order valence-electron chi connectivity index (χ0n) is 11.8. The Bertz CT molecular complexity index is 450. The van der Waals surface area contributed by atoms with Crippen molar-refractivity contribution in [3.63, 3.8) is 0 Å². The molecule has 1 aliphatic rings. The van der Waals surface area contributed by atoms with Gasteiger partial charge in [-0.05, 0) is 27.4 Å². The Morgan fingerprint density at radius 2 is 1.89 bits per heavy atom. The molecule has 1 aromatic rings. The van der Waals surface area contributed by atoms with Gasteiger partial charge < -0.3 is 0 Å². The molecule has 0 unspecified atom stereocenters. The van der Waals surface area contributed by atoms with Crippen LogP contribution in [0.4, 0.5) is 0 Å². The molecule has 106 valence electrons. The molecule has 0 fully saturated rings. The van der Waals surface area contributed by atoms with Crippen LogP contribution in [0.3, 0.4) is 0 Å². The molecule has 0 atom stereocenters. The van der Waals surface area contributed by atoms with Crippen LogP contribution in [-0.2, 0) is 21.7 Å². The molecule has 1 heterocycles. The molecule has 0 aliphatic heterocycles. The van der Waals surface area contributed by atoms with Crippen molar-refractivity contribution >= 4 is 48.7 Å². The summed E-state index contributed by atoms with van der Waals surface area (Å²) in [5.41, 5.74) is 1.55. The van der Waals surface area contributed by atoms with Crippen molar-refractivity contribution < 1.29 is 21.7 Å². The Morgan fingerprint density at radius 1 is 1.26 bits per heavy atom. The second-order valence-corrected chi connectivity index (χ2v) is 10.7. The number of rotatable bonds is 3. The van der Waals surface area contributed by atoms with Gasteiger partial charge in [-0.15, -0.1) is 31.2 Å². The van der Waals surface area contributed by atoms with Crippen molar-refractivity contribution in [3.05, 3.63) is 40.4 Å². The summed E-state index contributed by atoms with van der Waals surface area (Å²) in [6.45, 7) is 9.47. The van der Waals surface area contributed by atoms with Gasteiger partial charge in [0.2, 0.25) is 0 Å². The van der Waals surface area contributed by atoms with Gasteiger partial charge in [0.25, 0.3) is 0 Å². The third kappa shape index (κ3) is 4.59. The second-order valence-electron chi connectivity index (χ2n) is 5.18. The van der Waals surface area contributed by atoms with Crippen LogP contribution in [-0.4, -0.2) is 8.07 Å². The normalized spacial score (nSPS) is 13.4. The van der Waals surface area contributed by atoms with Crippen LogP contribution in [0.5, 0.6) is 0 Å². The van der Waals surface area contributed by atoms with Gasteiger partial charge in [-0.3, -0.25) is 6.08 Å². The van der Waals surface area contributed by atoms with Crippen LogP contribution in [0.25, 0.3) is 0 Å². The van der Waals surface area contributed by atoms with Crippen LogP contribution in [0, 0.1) is 6.08 Å². The maximum atomic E-state index is 3.53. The van der Waals surface area contributed by atoms with E-state index in [9.17, 15) is 0 Å². The number of hydrogen-bond acceptors (Lipinski definition) is 1. The van der Waals surface area contributed by atoms with E-state index in [1.807, 2.05) is 11.3 Å². The summed E-state index contributed by atoms with van der Waals surface area (Å²) in [5.74, 6) is 0.638. The van der Waals surface area contributed by atoms with Crippen molar-refractivity contribution in [2.45, 2.75) is 39.3 Å². The van der Waals surface area contributed by atoms with E-state index in [-0.39, 0.29) is 46.5 Å². The average molecular weight is 368 g/mol. The van der Waals surface area contributed by atoms with Crippen LogP contribution in [0.15, 0.2) is 28.8 Å². The monoisotopic (exact) mass is 367 g/mol. The number of thiophene rings is 1. The molecule has 1 aliphatic carbocycles. The molecule has 2 rings (SSSR count). The summed E-state index contributed by atoms with van der Waals surface area (Å²) in [6.07, 6.45) is 9.05. The van der Waals surface area contributed by atoms with E-state index >= 15 is 0 Å². The molecule has 0 nitrogen and oxygen atoms in total. The standard InChI is InChI=1S/C14H19SSi.2ClH.Ti/c1-11(2)13-9-10-15-14(13)16(3,4)12-7-5-6-8-12;;;/h5,7,9-11H,6H2,1-4H3;2*1H;/q-1;;;. The van der Waals surface area contributed by atoms with Gasteiger partial charge in [0.1, 0.15) is 0 Å². The van der Waals surface area contributed by atoms with Crippen molar-refractivity contribution in [2.75, 3.05) is 0 Å². The van der Waals surface area contributed by atoms with E-state index in [1.54, 1.807) is 10.1 Å². The molecule has 0 amide bonds. The van der Waals surface area contributed by atoms with E-state index in [2.05, 4.69) is 56.6 Å². The third-order valence-electron chi connectivity index (χ3n) is 3.25. The van der Waals surface area contributed by atoms with Crippen LogP contribution in [0.2, 0.25) is 13.1 Å². The minimum atomic E-state index is -1.46. The Labute approximate surface area is 149 Å². The first kappa shape index (κ1) is 22.0. The fourth-order valence-electron chi connectivity index (χ4n) is 2.24. The van der Waals surface area contributed by atoms with E-state index in [0.29, 0.717) is 5.92 Å². The molecule has 0 spiro atoms. The third-order valence-corrected chi connectivity index (χ3v) is 9.00. The van der Waals surface area contributed by atoms with Gasteiger partial charge in [0, 0.05) is 21.7 Å². The molecule has 0 saturated heterocycles. The Hall–Kier alpha value is 0.691. The number of halogens is 2. The molecular weight excluding hydrogens is 347 g/mol. The van der Waals surface area contributed by atoms with Crippen molar-refractivity contribution in [1.29, 1.82) is 0 Å².